The second-order valence-electron chi connectivity index (χ2n) is 7.92. The van der Waals surface area contributed by atoms with E-state index < -0.39 is 10.0 Å². The molecule has 7 nitrogen and oxygen atoms in total. The summed E-state index contributed by atoms with van der Waals surface area (Å²) < 4.78 is 34.0. The van der Waals surface area contributed by atoms with Crippen LogP contribution in [0.15, 0.2) is 89.8 Å². The number of carbonyl (C=O) groups excluding carboxylic acids is 1. The highest BCUT2D eigenvalue weighted by Crippen LogP contribution is 2.28. The SMILES string of the molecule is CN1CCN(C(=O)CN(c2ccc(Oc3ccccc3)cc2)S(=O)(=O)c2ccccc2)CC1. The second kappa shape index (κ2) is 10.1. The Bertz CT molecular complexity index is 1160. The van der Waals surface area contributed by atoms with Crippen LogP contribution in [0.4, 0.5) is 5.69 Å². The molecule has 0 unspecified atom stereocenters. The zero-order valence-electron chi connectivity index (χ0n) is 18.5. The fourth-order valence-corrected chi connectivity index (χ4v) is 5.05. The van der Waals surface area contributed by atoms with Gasteiger partial charge >= 0.3 is 0 Å². The van der Waals surface area contributed by atoms with E-state index >= 15 is 0 Å². The molecule has 4 rings (SSSR count). The minimum atomic E-state index is -3.94. The number of rotatable bonds is 7. The molecule has 0 atom stereocenters. The van der Waals surface area contributed by atoms with Gasteiger partial charge in [-0.2, -0.15) is 0 Å². The third-order valence-electron chi connectivity index (χ3n) is 5.57. The average Bonchev–Trinajstić information content (AvgIpc) is 2.84. The normalized spacial score (nSPS) is 14.6. The van der Waals surface area contributed by atoms with Crippen LogP contribution in [-0.4, -0.2) is 63.9 Å². The molecule has 0 N–H and O–H groups in total. The number of amides is 1. The summed E-state index contributed by atoms with van der Waals surface area (Å²) in [7, 11) is -1.93. The van der Waals surface area contributed by atoms with Crippen molar-refractivity contribution in [2.24, 2.45) is 0 Å². The molecule has 0 aliphatic carbocycles. The van der Waals surface area contributed by atoms with Crippen molar-refractivity contribution in [3.05, 3.63) is 84.9 Å². The lowest BCUT2D eigenvalue weighted by atomic mass is 10.3. The molecule has 0 spiro atoms. The lowest BCUT2D eigenvalue weighted by Crippen LogP contribution is -2.50. The van der Waals surface area contributed by atoms with Gasteiger partial charge in [-0.3, -0.25) is 9.10 Å². The van der Waals surface area contributed by atoms with Crippen LogP contribution in [0.2, 0.25) is 0 Å². The Hall–Kier alpha value is -3.36. The predicted molar refractivity (Wildman–Crippen MR) is 128 cm³/mol. The number of sulfonamides is 1. The molecule has 8 heteroatoms. The van der Waals surface area contributed by atoms with Crippen molar-refractivity contribution in [1.29, 1.82) is 0 Å². The van der Waals surface area contributed by atoms with E-state index in [9.17, 15) is 13.2 Å². The predicted octanol–water partition coefficient (Wildman–Crippen LogP) is 3.45. The second-order valence-corrected chi connectivity index (χ2v) is 9.78. The molecular formula is C25H27N3O4S. The average molecular weight is 466 g/mol. The van der Waals surface area contributed by atoms with Crippen LogP contribution in [0.5, 0.6) is 11.5 Å². The van der Waals surface area contributed by atoms with Crippen molar-refractivity contribution in [2.45, 2.75) is 4.90 Å². The van der Waals surface area contributed by atoms with E-state index in [4.69, 9.17) is 4.74 Å². The Morgan fingerprint density at radius 1 is 0.818 bits per heavy atom. The number of ether oxygens (including phenoxy) is 1. The molecule has 33 heavy (non-hydrogen) atoms. The van der Waals surface area contributed by atoms with Crippen LogP contribution in [0.1, 0.15) is 0 Å². The van der Waals surface area contributed by atoms with Gasteiger partial charge in [-0.1, -0.05) is 36.4 Å². The summed E-state index contributed by atoms with van der Waals surface area (Å²) in [6, 6.07) is 24.2. The van der Waals surface area contributed by atoms with Crippen molar-refractivity contribution in [3.8, 4) is 11.5 Å². The fourth-order valence-electron chi connectivity index (χ4n) is 3.62. The van der Waals surface area contributed by atoms with Gasteiger partial charge in [0.25, 0.3) is 10.0 Å². The van der Waals surface area contributed by atoms with Crippen LogP contribution in [0.3, 0.4) is 0 Å². The van der Waals surface area contributed by atoms with Gasteiger partial charge in [0, 0.05) is 26.2 Å². The number of anilines is 1. The smallest absolute Gasteiger partial charge is 0.264 e. The molecule has 3 aromatic carbocycles. The zero-order chi connectivity index (χ0) is 23.3. The van der Waals surface area contributed by atoms with Crippen molar-refractivity contribution >= 4 is 21.6 Å². The topological polar surface area (TPSA) is 70.2 Å². The monoisotopic (exact) mass is 465 g/mol. The van der Waals surface area contributed by atoms with Gasteiger partial charge in [-0.25, -0.2) is 8.42 Å². The van der Waals surface area contributed by atoms with Gasteiger partial charge in [0.15, 0.2) is 0 Å². The van der Waals surface area contributed by atoms with Crippen LogP contribution < -0.4 is 9.04 Å². The van der Waals surface area contributed by atoms with E-state index in [0.717, 1.165) is 13.1 Å². The number of hydrogen-bond acceptors (Lipinski definition) is 5. The molecule has 0 bridgehead atoms. The molecule has 0 aromatic heterocycles. The lowest BCUT2D eigenvalue weighted by Gasteiger charge is -2.34. The Labute approximate surface area is 194 Å². The third kappa shape index (κ3) is 5.53. The van der Waals surface area contributed by atoms with Gasteiger partial charge < -0.3 is 14.5 Å². The Kier molecular flexibility index (Phi) is 6.96. The number of likely N-dealkylation sites (N-methyl/N-ethyl adjacent to an activating group) is 1. The number of piperazine rings is 1. The maximum absolute atomic E-state index is 13.5. The van der Waals surface area contributed by atoms with E-state index in [2.05, 4.69) is 4.90 Å². The molecule has 172 valence electrons. The van der Waals surface area contributed by atoms with Crippen molar-refractivity contribution in [1.82, 2.24) is 9.80 Å². The summed E-state index contributed by atoms with van der Waals surface area (Å²) in [5, 5.41) is 0. The first kappa shape index (κ1) is 22.8. The Morgan fingerprint density at radius 3 is 1.97 bits per heavy atom. The highest BCUT2D eigenvalue weighted by Gasteiger charge is 2.29. The number of hydrogen-bond donors (Lipinski definition) is 0. The summed E-state index contributed by atoms with van der Waals surface area (Å²) in [5.74, 6) is 1.05. The van der Waals surface area contributed by atoms with E-state index in [1.165, 1.54) is 16.4 Å². The van der Waals surface area contributed by atoms with Crippen LogP contribution >= 0.6 is 0 Å². The first-order chi connectivity index (χ1) is 15.9. The molecule has 1 amide bonds. The van der Waals surface area contributed by atoms with Gasteiger partial charge in [0.05, 0.1) is 10.6 Å². The quantitative estimate of drug-likeness (QED) is 0.535. The molecule has 0 saturated carbocycles. The molecule has 0 radical (unpaired) electrons. The van der Waals surface area contributed by atoms with E-state index in [1.807, 2.05) is 37.4 Å². The van der Waals surface area contributed by atoms with Gasteiger partial charge in [0.1, 0.15) is 18.0 Å². The molecule has 1 heterocycles. The Morgan fingerprint density at radius 2 is 1.36 bits per heavy atom. The minimum Gasteiger partial charge on any atom is -0.457 e. The molecule has 1 fully saturated rings. The van der Waals surface area contributed by atoms with Crippen LogP contribution in [0, 0.1) is 0 Å². The number of carbonyl (C=O) groups is 1. The molecule has 1 aliphatic heterocycles. The maximum atomic E-state index is 13.5. The summed E-state index contributed by atoms with van der Waals surface area (Å²) in [6.45, 7) is 2.43. The summed E-state index contributed by atoms with van der Waals surface area (Å²) in [5.41, 5.74) is 0.404. The van der Waals surface area contributed by atoms with Crippen LogP contribution in [0.25, 0.3) is 0 Å². The third-order valence-corrected chi connectivity index (χ3v) is 7.36. The summed E-state index contributed by atoms with van der Waals surface area (Å²) in [4.78, 5) is 17.1. The number of para-hydroxylation sites is 1. The summed E-state index contributed by atoms with van der Waals surface area (Å²) in [6.07, 6.45) is 0. The summed E-state index contributed by atoms with van der Waals surface area (Å²) >= 11 is 0. The van der Waals surface area contributed by atoms with Crippen molar-refractivity contribution < 1.29 is 17.9 Å². The first-order valence-corrected chi connectivity index (χ1v) is 12.2. The first-order valence-electron chi connectivity index (χ1n) is 10.8. The zero-order valence-corrected chi connectivity index (χ0v) is 19.3. The van der Waals surface area contributed by atoms with Crippen molar-refractivity contribution in [2.75, 3.05) is 44.1 Å². The maximum Gasteiger partial charge on any atom is 0.264 e. The largest absolute Gasteiger partial charge is 0.457 e. The number of benzene rings is 3. The number of nitrogens with zero attached hydrogens (tertiary/aromatic N) is 3. The van der Waals surface area contributed by atoms with E-state index in [0.29, 0.717) is 30.3 Å². The van der Waals surface area contributed by atoms with Gasteiger partial charge in [0.2, 0.25) is 5.91 Å². The van der Waals surface area contributed by atoms with Gasteiger partial charge in [-0.15, -0.1) is 0 Å². The molecule has 1 aliphatic rings. The van der Waals surface area contributed by atoms with E-state index in [1.54, 1.807) is 47.4 Å². The molecular weight excluding hydrogens is 438 g/mol. The lowest BCUT2D eigenvalue weighted by molar-refractivity contribution is -0.131. The van der Waals surface area contributed by atoms with Crippen molar-refractivity contribution in [3.63, 3.8) is 0 Å². The Balaban J connectivity index is 1.60. The standard InChI is InChI=1S/C25H27N3O4S/c1-26-16-18-27(19-17-26)25(29)20-28(33(30,31)24-10-6-3-7-11-24)21-12-14-23(15-13-21)32-22-8-4-2-5-9-22/h2-15H,16-20H2,1H3. The van der Waals surface area contributed by atoms with Crippen LogP contribution in [-0.2, 0) is 14.8 Å². The molecule has 1 saturated heterocycles. The highest BCUT2D eigenvalue weighted by atomic mass is 32.2. The molecule has 3 aromatic rings. The van der Waals surface area contributed by atoms with E-state index in [-0.39, 0.29) is 17.3 Å². The highest BCUT2D eigenvalue weighted by molar-refractivity contribution is 7.92. The van der Waals surface area contributed by atoms with Gasteiger partial charge in [-0.05, 0) is 55.6 Å². The fraction of sp³-hybridized carbons (Fsp3) is 0.240. The minimum absolute atomic E-state index is 0.140.